The minimum absolute atomic E-state index is 0.265. The zero-order valence-electron chi connectivity index (χ0n) is 12.9. The van der Waals surface area contributed by atoms with Crippen LogP contribution in [0.5, 0.6) is 5.75 Å². The third kappa shape index (κ3) is 4.32. The van der Waals surface area contributed by atoms with E-state index in [9.17, 15) is 8.42 Å². The summed E-state index contributed by atoms with van der Waals surface area (Å²) < 4.78 is 32.6. The fraction of sp³-hybridized carbons (Fsp3) is 0.294. The van der Waals surface area contributed by atoms with Gasteiger partial charge in [0.05, 0.1) is 11.5 Å². The molecule has 2 rings (SSSR count). The van der Waals surface area contributed by atoms with Gasteiger partial charge in [0.15, 0.2) is 0 Å². The van der Waals surface area contributed by atoms with E-state index in [1.54, 1.807) is 18.2 Å². The highest BCUT2D eigenvalue weighted by Crippen LogP contribution is 2.21. The maximum Gasteiger partial charge on any atom is 0.240 e. The van der Waals surface area contributed by atoms with Crippen LogP contribution in [0.4, 0.5) is 0 Å². The summed E-state index contributed by atoms with van der Waals surface area (Å²) in [6.45, 7) is 4.67. The molecule has 0 unspecified atom stereocenters. The van der Waals surface area contributed by atoms with E-state index in [2.05, 4.69) is 4.72 Å². The van der Waals surface area contributed by atoms with Crippen molar-refractivity contribution in [2.75, 3.05) is 13.2 Å². The molecule has 0 amide bonds. The second-order valence-corrected chi connectivity index (χ2v) is 6.76. The van der Waals surface area contributed by atoms with Gasteiger partial charge in [0.25, 0.3) is 0 Å². The Morgan fingerprint density at radius 2 is 1.82 bits per heavy atom. The predicted octanol–water partition coefficient (Wildman–Crippen LogP) is 2.91. The summed E-state index contributed by atoms with van der Waals surface area (Å²) >= 11 is 0. The first-order chi connectivity index (χ1) is 10.5. The maximum absolute atomic E-state index is 12.3. The fourth-order valence-electron chi connectivity index (χ4n) is 2.16. The second kappa shape index (κ2) is 7.42. The smallest absolute Gasteiger partial charge is 0.240 e. The summed E-state index contributed by atoms with van der Waals surface area (Å²) in [7, 11) is -3.49. The van der Waals surface area contributed by atoms with E-state index in [1.807, 2.05) is 44.2 Å². The molecule has 2 aromatic carbocycles. The lowest BCUT2D eigenvalue weighted by Gasteiger charge is -2.10. The SMILES string of the molecule is CCOc1ccc(S(=O)(=O)NCCc2ccccc2)cc1C. The molecule has 0 bridgehead atoms. The number of hydrogen-bond acceptors (Lipinski definition) is 3. The molecule has 0 aliphatic carbocycles. The van der Waals surface area contributed by atoms with Gasteiger partial charge in [-0.1, -0.05) is 30.3 Å². The van der Waals surface area contributed by atoms with Crippen LogP contribution in [-0.2, 0) is 16.4 Å². The lowest BCUT2D eigenvalue weighted by atomic mass is 10.2. The number of sulfonamides is 1. The van der Waals surface area contributed by atoms with Crippen molar-refractivity contribution >= 4 is 10.0 Å². The van der Waals surface area contributed by atoms with Crippen molar-refractivity contribution in [3.8, 4) is 5.75 Å². The van der Waals surface area contributed by atoms with E-state index in [-0.39, 0.29) is 4.90 Å². The van der Waals surface area contributed by atoms with Crippen LogP contribution >= 0.6 is 0 Å². The molecule has 0 aliphatic heterocycles. The average Bonchev–Trinajstić information content (AvgIpc) is 2.50. The first-order valence-corrected chi connectivity index (χ1v) is 8.78. The van der Waals surface area contributed by atoms with Crippen LogP contribution in [0.2, 0.25) is 0 Å². The van der Waals surface area contributed by atoms with Gasteiger partial charge in [0.2, 0.25) is 10.0 Å². The molecule has 0 fully saturated rings. The standard InChI is InChI=1S/C17H21NO3S/c1-3-21-17-10-9-16(13-14(17)2)22(19,20)18-12-11-15-7-5-4-6-8-15/h4-10,13,18H,3,11-12H2,1-2H3. The summed E-state index contributed by atoms with van der Waals surface area (Å²) in [5, 5.41) is 0. The van der Waals surface area contributed by atoms with Gasteiger partial charge in [0.1, 0.15) is 5.75 Å². The lowest BCUT2D eigenvalue weighted by molar-refractivity contribution is 0.337. The second-order valence-electron chi connectivity index (χ2n) is 4.99. The van der Waals surface area contributed by atoms with E-state index in [4.69, 9.17) is 4.74 Å². The Labute approximate surface area is 132 Å². The largest absolute Gasteiger partial charge is 0.494 e. The number of nitrogens with one attached hydrogen (secondary N) is 1. The minimum Gasteiger partial charge on any atom is -0.494 e. The van der Waals surface area contributed by atoms with Crippen LogP contribution in [0.15, 0.2) is 53.4 Å². The number of hydrogen-bond donors (Lipinski definition) is 1. The average molecular weight is 319 g/mol. The summed E-state index contributed by atoms with van der Waals surface area (Å²) in [4.78, 5) is 0.265. The van der Waals surface area contributed by atoms with E-state index in [1.165, 1.54) is 0 Å². The quantitative estimate of drug-likeness (QED) is 0.854. The number of ether oxygens (including phenoxy) is 1. The van der Waals surface area contributed by atoms with Gasteiger partial charge >= 0.3 is 0 Å². The molecule has 0 aromatic heterocycles. The van der Waals surface area contributed by atoms with Gasteiger partial charge in [0, 0.05) is 6.54 Å². The molecule has 0 radical (unpaired) electrons. The normalized spacial score (nSPS) is 11.4. The van der Waals surface area contributed by atoms with Gasteiger partial charge in [-0.25, -0.2) is 13.1 Å². The zero-order valence-corrected chi connectivity index (χ0v) is 13.7. The van der Waals surface area contributed by atoms with Crippen LogP contribution < -0.4 is 9.46 Å². The lowest BCUT2D eigenvalue weighted by Crippen LogP contribution is -2.26. The van der Waals surface area contributed by atoms with Crippen molar-refractivity contribution in [2.24, 2.45) is 0 Å². The van der Waals surface area contributed by atoms with Crippen LogP contribution in [0, 0.1) is 6.92 Å². The molecular formula is C17H21NO3S. The highest BCUT2D eigenvalue weighted by Gasteiger charge is 2.14. The molecule has 0 atom stereocenters. The molecular weight excluding hydrogens is 298 g/mol. The van der Waals surface area contributed by atoms with Gasteiger partial charge in [-0.15, -0.1) is 0 Å². The Hall–Kier alpha value is -1.85. The Bertz CT molecular complexity index is 712. The van der Waals surface area contributed by atoms with Crippen molar-refractivity contribution in [1.29, 1.82) is 0 Å². The number of rotatable bonds is 7. The van der Waals surface area contributed by atoms with Crippen LogP contribution in [0.1, 0.15) is 18.1 Å². The van der Waals surface area contributed by atoms with E-state index >= 15 is 0 Å². The summed E-state index contributed by atoms with van der Waals surface area (Å²) in [5.74, 6) is 0.714. The molecule has 0 aliphatic rings. The first kappa shape index (κ1) is 16.5. The molecule has 0 spiro atoms. The maximum atomic E-state index is 12.3. The monoisotopic (exact) mass is 319 g/mol. The van der Waals surface area contributed by atoms with Gasteiger partial charge in [-0.3, -0.25) is 0 Å². The predicted molar refractivity (Wildman–Crippen MR) is 87.7 cm³/mol. The topological polar surface area (TPSA) is 55.4 Å². The van der Waals surface area contributed by atoms with Gasteiger partial charge in [-0.2, -0.15) is 0 Å². The highest BCUT2D eigenvalue weighted by molar-refractivity contribution is 7.89. The third-order valence-corrected chi connectivity index (χ3v) is 4.76. The van der Waals surface area contributed by atoms with E-state index in [0.29, 0.717) is 25.3 Å². The van der Waals surface area contributed by atoms with E-state index in [0.717, 1.165) is 11.1 Å². The fourth-order valence-corrected chi connectivity index (χ4v) is 3.28. The first-order valence-electron chi connectivity index (χ1n) is 7.30. The molecule has 4 nitrogen and oxygen atoms in total. The molecule has 1 N–H and O–H groups in total. The summed E-state index contributed by atoms with van der Waals surface area (Å²) in [6, 6.07) is 14.7. The van der Waals surface area contributed by atoms with Crippen LogP contribution in [0.3, 0.4) is 0 Å². The van der Waals surface area contributed by atoms with Crippen molar-refractivity contribution in [3.05, 3.63) is 59.7 Å². The Balaban J connectivity index is 2.02. The Morgan fingerprint density at radius 1 is 1.09 bits per heavy atom. The zero-order chi connectivity index (χ0) is 16.0. The minimum atomic E-state index is -3.49. The van der Waals surface area contributed by atoms with Crippen molar-refractivity contribution in [2.45, 2.75) is 25.2 Å². The number of benzene rings is 2. The van der Waals surface area contributed by atoms with E-state index < -0.39 is 10.0 Å². The van der Waals surface area contributed by atoms with Gasteiger partial charge < -0.3 is 4.74 Å². The van der Waals surface area contributed by atoms with Gasteiger partial charge in [-0.05, 0) is 49.6 Å². The highest BCUT2D eigenvalue weighted by atomic mass is 32.2. The molecule has 0 saturated carbocycles. The molecule has 2 aromatic rings. The molecule has 0 saturated heterocycles. The van der Waals surface area contributed by atoms with Crippen molar-refractivity contribution < 1.29 is 13.2 Å². The third-order valence-electron chi connectivity index (χ3n) is 3.31. The van der Waals surface area contributed by atoms with Crippen molar-refractivity contribution in [1.82, 2.24) is 4.72 Å². The molecule has 22 heavy (non-hydrogen) atoms. The summed E-state index contributed by atoms with van der Waals surface area (Å²) in [6.07, 6.45) is 0.663. The molecule has 0 heterocycles. The van der Waals surface area contributed by atoms with Crippen molar-refractivity contribution in [3.63, 3.8) is 0 Å². The molecule has 5 heteroatoms. The van der Waals surface area contributed by atoms with Crippen LogP contribution in [-0.4, -0.2) is 21.6 Å². The summed E-state index contributed by atoms with van der Waals surface area (Å²) in [5.41, 5.74) is 1.92. The van der Waals surface area contributed by atoms with Crippen LogP contribution in [0.25, 0.3) is 0 Å². The number of aryl methyl sites for hydroxylation is 1. The Morgan fingerprint density at radius 3 is 2.45 bits per heavy atom. The molecule has 118 valence electrons. The Kier molecular flexibility index (Phi) is 5.57.